The second kappa shape index (κ2) is 74.2. The molecular formula is C122H217N9O12S. The molecule has 0 saturated carbocycles. The number of benzene rings is 6. The Kier molecular flexibility index (Phi) is 76.3. The SMILES string of the molecule is CC.CC.CC.CC.CC.CC.CC.CC(C)N(C)c1ccc(C(c2ccccc2)C(C)(C)C)cc1.CC(C)N(C)c1ccc(CC(C)(C)C)cc1CO.CC(C)N(C)c1ccc(CO)cc1CC(C)(C)C.CC(C)N(C)c1cccc(SCCOC(=O)C(C)(C)C)c1.CN(C(=O)C(C)(C)C)C(CN(C)C(C)(C)C)C(=O)O.CN1CCN(C(=O)C(OC(=O)C(C)(C)C)c2ccc(N(C)C(C)(C)C)cc2)CC1.O=C=O. The Morgan fingerprint density at radius 2 is 0.819 bits per heavy atom. The van der Waals surface area contributed by atoms with Crippen LogP contribution in [-0.2, 0) is 69.1 Å². The molecule has 3 atom stereocenters. The summed E-state index contributed by atoms with van der Waals surface area (Å²) in [5, 5.41) is 28.2. The van der Waals surface area contributed by atoms with Crippen molar-refractivity contribution in [3.8, 4) is 0 Å². The fourth-order valence-corrected chi connectivity index (χ4v) is 14.2. The van der Waals surface area contributed by atoms with Crippen molar-refractivity contribution in [1.29, 1.82) is 0 Å². The van der Waals surface area contributed by atoms with Crippen LogP contribution in [0.5, 0.6) is 0 Å². The zero-order valence-electron chi connectivity index (χ0n) is 102. The van der Waals surface area contributed by atoms with E-state index >= 15 is 0 Å². The van der Waals surface area contributed by atoms with E-state index in [-0.39, 0.29) is 70.4 Å². The van der Waals surface area contributed by atoms with Crippen LogP contribution in [0.1, 0.15) is 369 Å². The molecule has 0 aromatic heterocycles. The Morgan fingerprint density at radius 1 is 0.424 bits per heavy atom. The maximum atomic E-state index is 13.3. The minimum absolute atomic E-state index is 0.0186. The highest BCUT2D eigenvalue weighted by Crippen LogP contribution is 2.42. The predicted octanol–water partition coefficient (Wildman–Crippen LogP) is 28.7. The van der Waals surface area contributed by atoms with Gasteiger partial charge in [-0.25, -0.2) is 4.79 Å². The molecule has 828 valence electrons. The summed E-state index contributed by atoms with van der Waals surface area (Å²) in [4.78, 5) is 97.0. The second-order valence-corrected chi connectivity index (χ2v) is 45.4. The minimum Gasteiger partial charge on any atom is -0.480 e. The number of ether oxygens (including phenoxy) is 2. The monoisotopic (exact) mass is 2030 g/mol. The molecule has 22 heteroatoms. The molecule has 0 bridgehead atoms. The van der Waals surface area contributed by atoms with E-state index in [1.165, 1.54) is 49.1 Å². The lowest BCUT2D eigenvalue weighted by molar-refractivity contribution is -0.192. The minimum atomic E-state index is -0.976. The van der Waals surface area contributed by atoms with Crippen LogP contribution in [-0.4, -0.2) is 214 Å². The molecule has 1 aliphatic rings. The van der Waals surface area contributed by atoms with Crippen molar-refractivity contribution in [2.24, 2.45) is 32.5 Å². The number of esters is 2. The van der Waals surface area contributed by atoms with Gasteiger partial charge in [-0.05, 0) is 264 Å². The van der Waals surface area contributed by atoms with Gasteiger partial charge in [0.25, 0.3) is 5.91 Å². The molecule has 1 aliphatic heterocycles. The zero-order chi connectivity index (χ0) is 114. The van der Waals surface area contributed by atoms with Gasteiger partial charge < -0.3 is 64.0 Å². The maximum Gasteiger partial charge on any atom is 0.373 e. The summed E-state index contributed by atoms with van der Waals surface area (Å²) in [5.74, 6) is -0.619. The number of anilines is 5. The number of aliphatic hydroxyl groups is 2. The smallest absolute Gasteiger partial charge is 0.373 e. The molecule has 6 aromatic rings. The second-order valence-electron chi connectivity index (χ2n) is 44.2. The average Bonchev–Trinajstić information content (AvgIpc) is 0.812. The number of likely N-dealkylation sites (N-methyl/N-ethyl adjacent to an activating group) is 3. The quantitative estimate of drug-likeness (QED) is 0.0260. The molecule has 6 aromatic carbocycles. The number of carboxylic acids is 1. The summed E-state index contributed by atoms with van der Waals surface area (Å²) in [5.41, 5.74) is 12.9. The van der Waals surface area contributed by atoms with E-state index in [2.05, 4.69) is 305 Å². The topological polar surface area (TPSA) is 228 Å². The maximum absolute atomic E-state index is 13.3. The van der Waals surface area contributed by atoms with E-state index in [0.29, 0.717) is 61.9 Å². The van der Waals surface area contributed by atoms with Crippen LogP contribution >= 0.6 is 11.8 Å². The number of carbonyl (C=O) groups is 5. The van der Waals surface area contributed by atoms with Gasteiger partial charge in [-0.15, -0.1) is 11.8 Å². The summed E-state index contributed by atoms with van der Waals surface area (Å²) in [7, 11) is 16.0. The Hall–Kier alpha value is -8.76. The highest BCUT2D eigenvalue weighted by Gasteiger charge is 2.38. The summed E-state index contributed by atoms with van der Waals surface area (Å²) in [6, 6.07) is 49.9. The van der Waals surface area contributed by atoms with Gasteiger partial charge in [-0.1, -0.05) is 265 Å². The van der Waals surface area contributed by atoms with E-state index < -0.39 is 34.4 Å². The van der Waals surface area contributed by atoms with Crippen LogP contribution in [0.2, 0.25) is 0 Å². The summed E-state index contributed by atoms with van der Waals surface area (Å²) in [6.07, 6.45) is 1.39. The molecule has 1 saturated heterocycles. The lowest BCUT2D eigenvalue weighted by atomic mass is 9.72. The Bertz CT molecular complexity index is 4390. The van der Waals surface area contributed by atoms with Crippen LogP contribution in [0.4, 0.5) is 28.4 Å². The first kappa shape index (κ1) is 148. The number of carboxylic acid groups (broad SMARTS) is 1. The van der Waals surface area contributed by atoms with E-state index in [1.807, 2.05) is 195 Å². The van der Waals surface area contributed by atoms with Crippen molar-refractivity contribution in [2.45, 2.75) is 403 Å². The molecule has 0 aliphatic carbocycles. The third kappa shape index (κ3) is 59.3. The number of hydrogen-bond donors (Lipinski definition) is 3. The number of aliphatic hydroxyl groups excluding tert-OH is 2. The van der Waals surface area contributed by atoms with Crippen molar-refractivity contribution >= 4 is 76.1 Å². The Balaban J connectivity index is -0.000000305. The molecule has 0 spiro atoms. The number of hydrogen-bond acceptors (Lipinski definition) is 19. The molecule has 0 radical (unpaired) electrons. The largest absolute Gasteiger partial charge is 0.480 e. The summed E-state index contributed by atoms with van der Waals surface area (Å²) >= 11 is 1.71. The normalized spacial score (nSPS) is 12.4. The van der Waals surface area contributed by atoms with E-state index in [4.69, 9.17) is 19.1 Å². The fourth-order valence-electron chi connectivity index (χ4n) is 13.4. The molecule has 1 fully saturated rings. The zero-order valence-corrected chi connectivity index (χ0v) is 103. The number of amides is 2. The van der Waals surface area contributed by atoms with Gasteiger partial charge in [0.2, 0.25) is 12.0 Å². The van der Waals surface area contributed by atoms with Crippen molar-refractivity contribution < 1.29 is 58.4 Å². The average molecular weight is 2030 g/mol. The summed E-state index contributed by atoms with van der Waals surface area (Å²) in [6.45, 7) is 98.6. The number of carbonyl (C=O) groups excluding carboxylic acids is 6. The molecule has 21 nitrogen and oxygen atoms in total. The lowest BCUT2D eigenvalue weighted by Gasteiger charge is -2.37. The Morgan fingerprint density at radius 3 is 1.19 bits per heavy atom. The number of rotatable bonds is 26. The van der Waals surface area contributed by atoms with E-state index in [9.17, 15) is 39.3 Å². The molecular weight excluding hydrogens is 1820 g/mol. The number of nitrogens with zero attached hydrogens (tertiary/aromatic N) is 9. The van der Waals surface area contributed by atoms with Gasteiger partial charge >= 0.3 is 24.1 Å². The van der Waals surface area contributed by atoms with Crippen LogP contribution < -0.4 is 24.5 Å². The van der Waals surface area contributed by atoms with Gasteiger partial charge in [0.05, 0.1) is 24.0 Å². The van der Waals surface area contributed by atoms with Gasteiger partial charge in [-0.3, -0.25) is 24.1 Å². The van der Waals surface area contributed by atoms with Crippen LogP contribution in [0.15, 0.2) is 144 Å². The first-order valence-electron chi connectivity index (χ1n) is 53.2. The molecule has 3 N–H and O–H groups in total. The van der Waals surface area contributed by atoms with E-state index in [1.54, 1.807) is 65.3 Å². The van der Waals surface area contributed by atoms with Crippen molar-refractivity contribution in [3.05, 3.63) is 178 Å². The molecule has 3 unspecified atom stereocenters. The first-order valence-corrected chi connectivity index (χ1v) is 54.1. The molecule has 1 heterocycles. The van der Waals surface area contributed by atoms with Crippen molar-refractivity contribution in [2.75, 3.05) is 126 Å². The number of thioether (sulfide) groups is 1. The molecule has 7 rings (SSSR count). The summed E-state index contributed by atoms with van der Waals surface area (Å²) < 4.78 is 11.0. The van der Waals surface area contributed by atoms with E-state index in [0.717, 1.165) is 54.2 Å². The predicted molar refractivity (Wildman–Crippen MR) is 624 cm³/mol. The lowest BCUT2D eigenvalue weighted by Crippen LogP contribution is -2.54. The first-order chi connectivity index (χ1) is 66.5. The standard InChI is InChI=1S/C23H37N3O3.C21H29N.C17H27NO2S.2C16H27NO.C14H28N2O3.7C2H6.CO2/c1-22(2,3)21(28)29-19(20(27)26-15-13-24(7)14-16-26)17-9-11-18(12-10-17)25(8)23(4,5)6;1-16(2)22(6)19-14-12-18(13-15-19)20(21(3,4)5)17-10-8-7-9-11-17;1-13(2)18(6)14-8-7-9-15(12-14)21-11-10-20-16(19)17(3,4)5;1-12(2)17(6)15-8-7-13(11-18)9-14(15)10-16(3,4)5;1-12(2)17(6)15-8-7-13(9-14(15)11-18)10-16(3,4)5;1-13(2,3)12(19)16(8)10(11(17)18)9-15(7)14(4,5)6;7*1-2;2-1-3/h9-12,19H,13-16H2,1-8H3;7-16,20H,1-6H3;7-9,12-13H,10-11H2,1-6H3;2*7-9,12,18H,10-11H2,1-6H3;10H,9H2,1-8H3,(H,17,18);7*1-2H3;. The molecule has 144 heavy (non-hydrogen) atoms. The highest BCUT2D eigenvalue weighted by atomic mass is 32.2. The van der Waals surface area contributed by atoms with Crippen molar-refractivity contribution in [1.82, 2.24) is 19.6 Å². The van der Waals surface area contributed by atoms with Gasteiger partial charge in [0, 0.05) is 172 Å². The van der Waals surface area contributed by atoms with Crippen molar-refractivity contribution in [3.63, 3.8) is 0 Å². The number of aliphatic carboxylic acids is 1. The Labute approximate surface area is 888 Å². The van der Waals surface area contributed by atoms with Crippen LogP contribution in [0.3, 0.4) is 0 Å². The molecule has 2 amide bonds. The fraction of sp³-hybridized carbons (Fsp3) is 0.656. The van der Waals surface area contributed by atoms with Gasteiger partial charge in [0.15, 0.2) is 0 Å². The third-order valence-electron chi connectivity index (χ3n) is 22.8. The van der Waals surface area contributed by atoms with Gasteiger partial charge in [-0.2, -0.15) is 9.59 Å². The van der Waals surface area contributed by atoms with Crippen LogP contribution in [0, 0.1) is 32.5 Å². The van der Waals surface area contributed by atoms with Crippen LogP contribution in [0.25, 0.3) is 0 Å². The van der Waals surface area contributed by atoms with Gasteiger partial charge in [0.1, 0.15) is 12.6 Å². The third-order valence-corrected chi connectivity index (χ3v) is 23.7. The number of piperazine rings is 1. The highest BCUT2D eigenvalue weighted by molar-refractivity contribution is 7.99.